The molecule has 0 radical (unpaired) electrons. The van der Waals surface area contributed by atoms with Gasteiger partial charge in [0.25, 0.3) is 0 Å². The third-order valence-corrected chi connectivity index (χ3v) is 9.96. The summed E-state index contributed by atoms with van der Waals surface area (Å²) in [7, 11) is 0. The van der Waals surface area contributed by atoms with Crippen LogP contribution < -0.4 is 21.3 Å². The normalized spacial score (nSPS) is 11.3. The number of carbonyl (C=O) groups excluding carboxylic acids is 2. The van der Waals surface area contributed by atoms with Crippen LogP contribution in [0.25, 0.3) is 0 Å². The number of benzene rings is 2. The smallest absolute Gasteiger partial charge is 0.319 e. The predicted octanol–water partition coefficient (Wildman–Crippen LogP) is 11.2. The number of hydrogen-bond donors (Lipinski definition) is 4. The van der Waals surface area contributed by atoms with Gasteiger partial charge in [0.05, 0.1) is 0 Å². The molecule has 8 heteroatoms. The standard InChI is InChI=1S/C45H78N6O2/c1-5-9-13-15-19-33-50(31-17-11-7-3)35-23-29-46-44(52)48-42-27-21-25-40(38-42)37-41-26-22-28-43(39-41)49-45(53)47-30-24-36-51(32-18-12-8-4)34-20-16-14-10-6-2/h21-22,25-28,38-39H,5-20,23-24,29-37H2,1-4H3,(H2,46,48,52)(H2,47,49,53). The number of hydrogen-bond acceptors (Lipinski definition) is 4. The van der Waals surface area contributed by atoms with E-state index in [4.69, 9.17) is 0 Å². The molecule has 8 nitrogen and oxygen atoms in total. The summed E-state index contributed by atoms with van der Waals surface area (Å²) in [6.07, 6.45) is 23.2. The average molecular weight is 735 g/mol. The van der Waals surface area contributed by atoms with Gasteiger partial charge in [0.1, 0.15) is 0 Å². The highest BCUT2D eigenvalue weighted by Gasteiger charge is 2.09. The molecule has 4 amide bonds. The van der Waals surface area contributed by atoms with Crippen LogP contribution in [-0.4, -0.2) is 74.2 Å². The molecule has 0 aliphatic rings. The molecule has 0 aromatic heterocycles. The van der Waals surface area contributed by atoms with Gasteiger partial charge in [-0.25, -0.2) is 9.59 Å². The summed E-state index contributed by atoms with van der Waals surface area (Å²) in [6.45, 7) is 17.1. The number of carbonyl (C=O) groups is 2. The average Bonchev–Trinajstić information content (AvgIpc) is 3.14. The highest BCUT2D eigenvalue weighted by Crippen LogP contribution is 2.18. The first-order valence-corrected chi connectivity index (χ1v) is 21.7. The zero-order chi connectivity index (χ0) is 38.2. The Hall–Kier alpha value is -3.10. The quantitative estimate of drug-likeness (QED) is 0.0564. The van der Waals surface area contributed by atoms with E-state index in [2.05, 4.69) is 70.9 Å². The lowest BCUT2D eigenvalue weighted by Crippen LogP contribution is -2.33. The Morgan fingerprint density at radius 3 is 1.19 bits per heavy atom. The van der Waals surface area contributed by atoms with Gasteiger partial charge in [0.15, 0.2) is 0 Å². The van der Waals surface area contributed by atoms with Crippen molar-refractivity contribution in [3.8, 4) is 0 Å². The summed E-state index contributed by atoms with van der Waals surface area (Å²) < 4.78 is 0. The molecule has 2 rings (SSSR count). The number of nitrogens with zero attached hydrogens (tertiary/aromatic N) is 2. The van der Waals surface area contributed by atoms with E-state index in [0.29, 0.717) is 19.5 Å². The Balaban J connectivity index is 1.75. The Labute approximate surface area is 325 Å². The lowest BCUT2D eigenvalue weighted by atomic mass is 10.0. The van der Waals surface area contributed by atoms with Gasteiger partial charge < -0.3 is 31.1 Å². The van der Waals surface area contributed by atoms with Crippen LogP contribution in [0, 0.1) is 0 Å². The second kappa shape index (κ2) is 31.3. The van der Waals surface area contributed by atoms with E-state index >= 15 is 0 Å². The molecule has 0 aliphatic heterocycles. The maximum Gasteiger partial charge on any atom is 0.319 e. The van der Waals surface area contributed by atoms with Crippen molar-refractivity contribution >= 4 is 23.4 Å². The number of unbranched alkanes of at least 4 members (excludes halogenated alkanes) is 12. The topological polar surface area (TPSA) is 88.7 Å². The molecule has 0 bridgehead atoms. The maximum atomic E-state index is 12.7. The van der Waals surface area contributed by atoms with E-state index in [1.54, 1.807) is 0 Å². The fraction of sp³-hybridized carbons (Fsp3) is 0.689. The zero-order valence-electron chi connectivity index (χ0n) is 34.4. The second-order valence-electron chi connectivity index (χ2n) is 15.0. The number of rotatable bonds is 32. The lowest BCUT2D eigenvalue weighted by Gasteiger charge is -2.22. The summed E-state index contributed by atoms with van der Waals surface area (Å²) in [5.41, 5.74) is 3.75. The summed E-state index contributed by atoms with van der Waals surface area (Å²) in [5.74, 6) is 0. The Bertz CT molecular complexity index is 1120. The minimum absolute atomic E-state index is 0.164. The van der Waals surface area contributed by atoms with Crippen molar-refractivity contribution in [1.29, 1.82) is 0 Å². The number of anilines is 2. The van der Waals surface area contributed by atoms with Gasteiger partial charge in [-0.3, -0.25) is 0 Å². The van der Waals surface area contributed by atoms with Gasteiger partial charge in [-0.05, 0) is 120 Å². The fourth-order valence-electron chi connectivity index (χ4n) is 6.83. The molecule has 300 valence electrons. The van der Waals surface area contributed by atoms with Gasteiger partial charge in [-0.15, -0.1) is 0 Å². The molecule has 0 heterocycles. The van der Waals surface area contributed by atoms with Crippen LogP contribution in [0.4, 0.5) is 21.0 Å². The van der Waals surface area contributed by atoms with Gasteiger partial charge in [-0.2, -0.15) is 0 Å². The van der Waals surface area contributed by atoms with Crippen LogP contribution in [0.3, 0.4) is 0 Å². The molecule has 0 saturated heterocycles. The van der Waals surface area contributed by atoms with Crippen LogP contribution >= 0.6 is 0 Å². The molecule has 0 atom stereocenters. The van der Waals surface area contributed by atoms with Crippen molar-refractivity contribution in [2.24, 2.45) is 0 Å². The molecule has 0 spiro atoms. The van der Waals surface area contributed by atoms with Crippen LogP contribution in [-0.2, 0) is 6.42 Å². The second-order valence-corrected chi connectivity index (χ2v) is 15.0. The summed E-state index contributed by atoms with van der Waals surface area (Å²) in [6, 6.07) is 15.7. The third kappa shape index (κ3) is 24.0. The molecule has 0 unspecified atom stereocenters. The number of nitrogens with one attached hydrogen (secondary N) is 4. The molecular weight excluding hydrogens is 657 g/mol. The van der Waals surface area contributed by atoms with Gasteiger partial charge in [0, 0.05) is 24.5 Å². The summed E-state index contributed by atoms with van der Waals surface area (Å²) in [4.78, 5) is 30.6. The van der Waals surface area contributed by atoms with Crippen molar-refractivity contribution in [2.75, 3.05) is 63.0 Å². The van der Waals surface area contributed by atoms with E-state index in [1.807, 2.05) is 36.4 Å². The van der Waals surface area contributed by atoms with Crippen LogP contribution in [0.15, 0.2) is 48.5 Å². The van der Waals surface area contributed by atoms with E-state index in [1.165, 1.54) is 103 Å². The number of amides is 4. The fourth-order valence-corrected chi connectivity index (χ4v) is 6.83. The van der Waals surface area contributed by atoms with E-state index in [-0.39, 0.29) is 12.1 Å². The molecule has 0 saturated carbocycles. The predicted molar refractivity (Wildman–Crippen MR) is 228 cm³/mol. The largest absolute Gasteiger partial charge is 0.338 e. The van der Waals surface area contributed by atoms with Crippen molar-refractivity contribution in [3.63, 3.8) is 0 Å². The molecular formula is C45H78N6O2. The Morgan fingerprint density at radius 1 is 0.453 bits per heavy atom. The van der Waals surface area contributed by atoms with E-state index < -0.39 is 0 Å². The van der Waals surface area contributed by atoms with Crippen molar-refractivity contribution < 1.29 is 9.59 Å². The van der Waals surface area contributed by atoms with Crippen LogP contribution in [0.1, 0.15) is 154 Å². The van der Waals surface area contributed by atoms with Crippen molar-refractivity contribution in [2.45, 2.75) is 150 Å². The Kier molecular flexibility index (Phi) is 27.2. The van der Waals surface area contributed by atoms with E-state index in [0.717, 1.165) is 74.6 Å². The molecule has 2 aromatic rings. The molecule has 2 aromatic carbocycles. The van der Waals surface area contributed by atoms with Crippen LogP contribution in [0.5, 0.6) is 0 Å². The molecule has 53 heavy (non-hydrogen) atoms. The monoisotopic (exact) mass is 735 g/mol. The van der Waals surface area contributed by atoms with Crippen molar-refractivity contribution in [3.05, 3.63) is 59.7 Å². The van der Waals surface area contributed by atoms with Gasteiger partial charge in [-0.1, -0.05) is 129 Å². The summed E-state index contributed by atoms with van der Waals surface area (Å²) >= 11 is 0. The summed E-state index contributed by atoms with van der Waals surface area (Å²) in [5, 5.41) is 12.1. The van der Waals surface area contributed by atoms with Gasteiger partial charge in [0.2, 0.25) is 0 Å². The highest BCUT2D eigenvalue weighted by molar-refractivity contribution is 5.90. The number of urea groups is 2. The van der Waals surface area contributed by atoms with Crippen molar-refractivity contribution in [1.82, 2.24) is 20.4 Å². The SMILES string of the molecule is CCCCCCCN(CCCCC)CCCNC(=O)Nc1cccc(Cc2cccc(NC(=O)NCCCN(CCCCC)CCCCCCC)c2)c1. The van der Waals surface area contributed by atoms with E-state index in [9.17, 15) is 9.59 Å². The first-order valence-electron chi connectivity index (χ1n) is 21.7. The molecule has 0 fully saturated rings. The third-order valence-electron chi connectivity index (χ3n) is 9.96. The first-order chi connectivity index (χ1) is 26.0. The first kappa shape index (κ1) is 46.1. The minimum Gasteiger partial charge on any atom is -0.338 e. The molecule has 0 aliphatic carbocycles. The van der Waals surface area contributed by atoms with Crippen LogP contribution in [0.2, 0.25) is 0 Å². The minimum atomic E-state index is -0.164. The maximum absolute atomic E-state index is 12.7. The van der Waals surface area contributed by atoms with Gasteiger partial charge >= 0.3 is 12.1 Å². The molecule has 4 N–H and O–H groups in total. The zero-order valence-corrected chi connectivity index (χ0v) is 34.4. The Morgan fingerprint density at radius 2 is 0.792 bits per heavy atom. The lowest BCUT2D eigenvalue weighted by molar-refractivity contribution is 0.245. The highest BCUT2D eigenvalue weighted by atomic mass is 16.2.